The third kappa shape index (κ3) is 2.04. The van der Waals surface area contributed by atoms with Crippen molar-refractivity contribution in [1.82, 2.24) is 15.0 Å². The predicted octanol–water partition coefficient (Wildman–Crippen LogP) is 1.82. The minimum atomic E-state index is 0.0846. The predicted molar refractivity (Wildman–Crippen MR) is 69.2 cm³/mol. The number of rotatable bonds is 3. The first-order valence-corrected chi connectivity index (χ1v) is 6.50. The van der Waals surface area contributed by atoms with Crippen LogP contribution in [-0.4, -0.2) is 26.7 Å². The summed E-state index contributed by atoms with van der Waals surface area (Å²) >= 11 is 0. The summed E-state index contributed by atoms with van der Waals surface area (Å²) in [5.41, 5.74) is 5.06. The Morgan fingerprint density at radius 3 is 2.83 bits per heavy atom. The molecule has 0 bridgehead atoms. The number of fused-ring (bicyclic) bond motifs is 1. The maximum absolute atomic E-state index is 9.01. The van der Waals surface area contributed by atoms with Gasteiger partial charge in [-0.1, -0.05) is 17.3 Å². The quantitative estimate of drug-likeness (QED) is 0.894. The van der Waals surface area contributed by atoms with E-state index in [2.05, 4.69) is 28.5 Å². The molecule has 1 aromatic carbocycles. The highest BCUT2D eigenvalue weighted by atomic mass is 16.3. The van der Waals surface area contributed by atoms with Crippen LogP contribution in [0, 0.1) is 0 Å². The molecule has 0 saturated carbocycles. The number of hydrogen-bond donors (Lipinski definition) is 1. The maximum atomic E-state index is 9.01. The standard InChI is InChI=1S/C14H17N3O/c18-8-7-17-14(10-15-16-17)13-6-5-11-3-1-2-4-12(11)9-13/h5-6,9-10,18H,1-4,7-8H2. The Bertz CT molecular complexity index is 548. The molecule has 1 aliphatic rings. The van der Waals surface area contributed by atoms with Crippen molar-refractivity contribution in [2.75, 3.05) is 6.61 Å². The lowest BCUT2D eigenvalue weighted by molar-refractivity contribution is 0.269. The molecule has 0 radical (unpaired) electrons. The highest BCUT2D eigenvalue weighted by molar-refractivity contribution is 5.60. The summed E-state index contributed by atoms with van der Waals surface area (Å²) < 4.78 is 1.75. The van der Waals surface area contributed by atoms with E-state index in [0.717, 1.165) is 11.3 Å². The van der Waals surface area contributed by atoms with Crippen LogP contribution in [0.25, 0.3) is 11.3 Å². The van der Waals surface area contributed by atoms with E-state index >= 15 is 0 Å². The van der Waals surface area contributed by atoms with E-state index in [4.69, 9.17) is 5.11 Å². The second-order valence-electron chi connectivity index (χ2n) is 4.76. The summed E-state index contributed by atoms with van der Waals surface area (Å²) in [6.07, 6.45) is 6.72. The lowest BCUT2D eigenvalue weighted by Gasteiger charge is -2.16. The van der Waals surface area contributed by atoms with Crippen LogP contribution in [0.3, 0.4) is 0 Å². The van der Waals surface area contributed by atoms with E-state index in [0.29, 0.717) is 6.54 Å². The summed E-state index contributed by atoms with van der Waals surface area (Å²) in [5, 5.41) is 16.9. The summed E-state index contributed by atoms with van der Waals surface area (Å²) in [4.78, 5) is 0. The topological polar surface area (TPSA) is 50.9 Å². The average molecular weight is 243 g/mol. The molecule has 0 aliphatic heterocycles. The summed E-state index contributed by atoms with van der Waals surface area (Å²) in [6, 6.07) is 6.61. The third-order valence-corrected chi connectivity index (χ3v) is 3.57. The zero-order valence-electron chi connectivity index (χ0n) is 10.3. The molecule has 18 heavy (non-hydrogen) atoms. The Morgan fingerprint density at radius 1 is 1.17 bits per heavy atom. The smallest absolute Gasteiger partial charge is 0.0886 e. The van der Waals surface area contributed by atoms with E-state index in [1.165, 1.54) is 36.8 Å². The summed E-state index contributed by atoms with van der Waals surface area (Å²) in [6.45, 7) is 0.577. The molecule has 3 rings (SSSR count). The zero-order chi connectivity index (χ0) is 12.4. The Kier molecular flexibility index (Phi) is 3.11. The SMILES string of the molecule is OCCn1nncc1-c1ccc2c(c1)CCCC2. The number of hydrogen-bond acceptors (Lipinski definition) is 3. The Labute approximate surface area is 106 Å². The van der Waals surface area contributed by atoms with Gasteiger partial charge in [-0.05, 0) is 42.9 Å². The fraction of sp³-hybridized carbons (Fsp3) is 0.429. The Hall–Kier alpha value is -1.68. The molecule has 4 nitrogen and oxygen atoms in total. The first-order valence-electron chi connectivity index (χ1n) is 6.50. The minimum Gasteiger partial charge on any atom is -0.394 e. The average Bonchev–Trinajstić information content (AvgIpc) is 2.87. The van der Waals surface area contributed by atoms with Crippen molar-refractivity contribution in [3.63, 3.8) is 0 Å². The van der Waals surface area contributed by atoms with Gasteiger partial charge in [0.15, 0.2) is 0 Å². The molecule has 1 N–H and O–H groups in total. The number of benzene rings is 1. The number of aliphatic hydroxyl groups excluding tert-OH is 1. The van der Waals surface area contributed by atoms with Gasteiger partial charge in [-0.2, -0.15) is 0 Å². The lowest BCUT2D eigenvalue weighted by atomic mass is 9.90. The van der Waals surface area contributed by atoms with Gasteiger partial charge in [0.05, 0.1) is 25.0 Å². The lowest BCUT2D eigenvalue weighted by Crippen LogP contribution is -2.07. The van der Waals surface area contributed by atoms with Crippen molar-refractivity contribution < 1.29 is 5.11 Å². The van der Waals surface area contributed by atoms with Crippen molar-refractivity contribution in [3.8, 4) is 11.3 Å². The minimum absolute atomic E-state index is 0.0846. The van der Waals surface area contributed by atoms with Gasteiger partial charge < -0.3 is 5.11 Å². The highest BCUT2D eigenvalue weighted by Crippen LogP contribution is 2.26. The van der Waals surface area contributed by atoms with Crippen molar-refractivity contribution in [1.29, 1.82) is 0 Å². The molecule has 1 heterocycles. The van der Waals surface area contributed by atoms with Gasteiger partial charge in [0.25, 0.3) is 0 Å². The Balaban J connectivity index is 1.98. The highest BCUT2D eigenvalue weighted by Gasteiger charge is 2.12. The fourth-order valence-corrected chi connectivity index (χ4v) is 2.63. The number of aromatic nitrogens is 3. The Morgan fingerprint density at radius 2 is 2.00 bits per heavy atom. The molecule has 2 aromatic rings. The zero-order valence-corrected chi connectivity index (χ0v) is 10.3. The molecule has 4 heteroatoms. The largest absolute Gasteiger partial charge is 0.394 e. The molecule has 0 unspecified atom stereocenters. The van der Waals surface area contributed by atoms with Crippen molar-refractivity contribution >= 4 is 0 Å². The van der Waals surface area contributed by atoms with E-state index in [-0.39, 0.29) is 6.61 Å². The molecule has 0 fully saturated rings. The van der Waals surface area contributed by atoms with Crippen molar-refractivity contribution in [2.45, 2.75) is 32.2 Å². The van der Waals surface area contributed by atoms with E-state index < -0.39 is 0 Å². The van der Waals surface area contributed by atoms with Gasteiger partial charge in [0, 0.05) is 5.56 Å². The molecule has 1 aromatic heterocycles. The molecule has 0 saturated heterocycles. The van der Waals surface area contributed by atoms with Gasteiger partial charge >= 0.3 is 0 Å². The van der Waals surface area contributed by atoms with Gasteiger partial charge in [-0.25, -0.2) is 4.68 Å². The molecule has 0 amide bonds. The van der Waals surface area contributed by atoms with Gasteiger partial charge in [-0.3, -0.25) is 0 Å². The van der Waals surface area contributed by atoms with Gasteiger partial charge in [0.1, 0.15) is 0 Å². The fourth-order valence-electron chi connectivity index (χ4n) is 2.63. The summed E-state index contributed by atoms with van der Waals surface area (Å²) in [7, 11) is 0. The van der Waals surface area contributed by atoms with Crippen LogP contribution < -0.4 is 0 Å². The van der Waals surface area contributed by atoms with Crippen molar-refractivity contribution in [3.05, 3.63) is 35.5 Å². The van der Waals surface area contributed by atoms with Gasteiger partial charge in [0.2, 0.25) is 0 Å². The van der Waals surface area contributed by atoms with E-state index in [1.54, 1.807) is 10.9 Å². The molecular formula is C14H17N3O. The van der Waals surface area contributed by atoms with Gasteiger partial charge in [-0.15, -0.1) is 5.10 Å². The normalized spacial score (nSPS) is 14.5. The number of nitrogens with zero attached hydrogens (tertiary/aromatic N) is 3. The van der Waals surface area contributed by atoms with Crippen LogP contribution in [0.4, 0.5) is 0 Å². The van der Waals surface area contributed by atoms with Crippen molar-refractivity contribution in [2.24, 2.45) is 0 Å². The molecule has 1 aliphatic carbocycles. The van der Waals surface area contributed by atoms with Crippen LogP contribution in [0.1, 0.15) is 24.0 Å². The molecule has 94 valence electrons. The van der Waals surface area contributed by atoms with E-state index in [9.17, 15) is 0 Å². The van der Waals surface area contributed by atoms with Crippen LogP contribution >= 0.6 is 0 Å². The maximum Gasteiger partial charge on any atom is 0.0886 e. The van der Waals surface area contributed by atoms with Crippen LogP contribution in [0.2, 0.25) is 0 Å². The van der Waals surface area contributed by atoms with Crippen LogP contribution in [0.5, 0.6) is 0 Å². The number of aliphatic hydroxyl groups is 1. The third-order valence-electron chi connectivity index (χ3n) is 3.57. The summed E-state index contributed by atoms with van der Waals surface area (Å²) in [5.74, 6) is 0. The monoisotopic (exact) mass is 243 g/mol. The van der Waals surface area contributed by atoms with E-state index in [1.807, 2.05) is 0 Å². The second-order valence-corrected chi connectivity index (χ2v) is 4.76. The van der Waals surface area contributed by atoms with Crippen LogP contribution in [0.15, 0.2) is 24.4 Å². The van der Waals surface area contributed by atoms with Crippen LogP contribution in [-0.2, 0) is 19.4 Å². The first kappa shape index (κ1) is 11.4. The molecular weight excluding hydrogens is 226 g/mol. The molecule has 0 spiro atoms. The second kappa shape index (κ2) is 4.90. The number of aryl methyl sites for hydroxylation is 2. The molecule has 0 atom stereocenters. The first-order chi connectivity index (χ1) is 8.88.